The monoisotopic (exact) mass is 398 g/mol. The molecule has 0 bridgehead atoms. The first-order valence-corrected chi connectivity index (χ1v) is 9.78. The Morgan fingerprint density at radius 2 is 1.57 bits per heavy atom. The van der Waals surface area contributed by atoms with E-state index in [0.717, 1.165) is 5.56 Å². The second kappa shape index (κ2) is 9.02. The van der Waals surface area contributed by atoms with Crippen LogP contribution in [-0.4, -0.2) is 41.6 Å². The zero-order valence-corrected chi connectivity index (χ0v) is 16.5. The molecule has 0 aliphatic carbocycles. The summed E-state index contributed by atoms with van der Waals surface area (Å²) in [5.74, 6) is -0.373. The molecule has 1 heterocycles. The van der Waals surface area contributed by atoms with E-state index in [9.17, 15) is 14.4 Å². The van der Waals surface area contributed by atoms with Crippen LogP contribution < -0.4 is 5.32 Å². The third kappa shape index (κ3) is 4.78. The summed E-state index contributed by atoms with van der Waals surface area (Å²) >= 11 is 5.83. The van der Waals surface area contributed by atoms with Gasteiger partial charge in [0.15, 0.2) is 5.78 Å². The van der Waals surface area contributed by atoms with Crippen LogP contribution >= 0.6 is 11.6 Å². The Balaban J connectivity index is 1.52. The number of ketones is 1. The molecule has 0 saturated carbocycles. The van der Waals surface area contributed by atoms with Gasteiger partial charge in [0.1, 0.15) is 6.04 Å². The topological polar surface area (TPSA) is 66.5 Å². The van der Waals surface area contributed by atoms with Gasteiger partial charge in [-0.15, -0.1) is 0 Å². The summed E-state index contributed by atoms with van der Waals surface area (Å²) in [6.07, 6.45) is 1.27. The van der Waals surface area contributed by atoms with E-state index in [0.29, 0.717) is 36.5 Å². The Kier molecular flexibility index (Phi) is 6.47. The summed E-state index contributed by atoms with van der Waals surface area (Å²) < 4.78 is 0. The van der Waals surface area contributed by atoms with Crippen molar-refractivity contribution in [2.75, 3.05) is 13.1 Å². The molecule has 0 radical (unpaired) electrons. The highest BCUT2D eigenvalue weighted by molar-refractivity contribution is 6.30. The molecule has 5 nitrogen and oxygen atoms in total. The second-order valence-electron chi connectivity index (χ2n) is 7.03. The molecule has 2 aromatic rings. The molecule has 6 heteroatoms. The number of carbonyl (C=O) groups is 3. The van der Waals surface area contributed by atoms with Gasteiger partial charge < -0.3 is 10.2 Å². The SMILES string of the molecule is C[C@@H](NC(=O)c1ccc(Cl)cc1)C(=O)N1CCC(C(=O)c2ccccc2)CC1. The van der Waals surface area contributed by atoms with Crippen molar-refractivity contribution in [1.82, 2.24) is 10.2 Å². The quantitative estimate of drug-likeness (QED) is 0.783. The molecule has 1 saturated heterocycles. The average molecular weight is 399 g/mol. The van der Waals surface area contributed by atoms with Crippen LogP contribution in [0.3, 0.4) is 0 Å². The zero-order chi connectivity index (χ0) is 20.1. The van der Waals surface area contributed by atoms with Gasteiger partial charge in [-0.2, -0.15) is 0 Å². The zero-order valence-electron chi connectivity index (χ0n) is 15.7. The van der Waals surface area contributed by atoms with E-state index < -0.39 is 6.04 Å². The van der Waals surface area contributed by atoms with Gasteiger partial charge in [0.25, 0.3) is 5.91 Å². The van der Waals surface area contributed by atoms with Crippen molar-refractivity contribution in [2.24, 2.45) is 5.92 Å². The van der Waals surface area contributed by atoms with Crippen LogP contribution in [0.5, 0.6) is 0 Å². The lowest BCUT2D eigenvalue weighted by Crippen LogP contribution is -2.49. The highest BCUT2D eigenvalue weighted by Gasteiger charge is 2.30. The number of nitrogens with one attached hydrogen (secondary N) is 1. The van der Waals surface area contributed by atoms with Crippen molar-refractivity contribution < 1.29 is 14.4 Å². The average Bonchev–Trinajstić information content (AvgIpc) is 2.73. The summed E-state index contributed by atoms with van der Waals surface area (Å²) in [6.45, 7) is 2.71. The van der Waals surface area contributed by atoms with Crippen LogP contribution in [0.4, 0.5) is 0 Å². The largest absolute Gasteiger partial charge is 0.341 e. The molecule has 1 atom stereocenters. The van der Waals surface area contributed by atoms with E-state index in [2.05, 4.69) is 5.32 Å². The predicted octanol–water partition coefficient (Wildman–Crippen LogP) is 3.58. The van der Waals surface area contributed by atoms with Gasteiger partial charge in [-0.05, 0) is 44.0 Å². The van der Waals surface area contributed by atoms with Gasteiger partial charge in [-0.3, -0.25) is 14.4 Å². The van der Waals surface area contributed by atoms with E-state index in [4.69, 9.17) is 11.6 Å². The molecule has 146 valence electrons. The molecule has 0 unspecified atom stereocenters. The summed E-state index contributed by atoms with van der Waals surface area (Å²) in [5.41, 5.74) is 1.17. The Labute approximate surface area is 169 Å². The van der Waals surface area contributed by atoms with Crippen LogP contribution in [-0.2, 0) is 4.79 Å². The molecule has 1 aliphatic heterocycles. The lowest BCUT2D eigenvalue weighted by Gasteiger charge is -2.33. The Bertz CT molecular complexity index is 844. The number of hydrogen-bond donors (Lipinski definition) is 1. The van der Waals surface area contributed by atoms with Crippen molar-refractivity contribution in [2.45, 2.75) is 25.8 Å². The summed E-state index contributed by atoms with van der Waals surface area (Å²) in [6, 6.07) is 15.1. The van der Waals surface area contributed by atoms with E-state index >= 15 is 0 Å². The summed E-state index contributed by atoms with van der Waals surface area (Å²) in [7, 11) is 0. The van der Waals surface area contributed by atoms with Gasteiger partial charge >= 0.3 is 0 Å². The maximum atomic E-state index is 12.7. The first-order chi connectivity index (χ1) is 13.5. The van der Waals surface area contributed by atoms with Crippen molar-refractivity contribution in [3.63, 3.8) is 0 Å². The van der Waals surface area contributed by atoms with Crippen LogP contribution in [0.2, 0.25) is 5.02 Å². The van der Waals surface area contributed by atoms with Crippen molar-refractivity contribution >= 4 is 29.2 Å². The molecular formula is C22H23ClN2O3. The number of carbonyl (C=O) groups excluding carboxylic acids is 3. The van der Waals surface area contributed by atoms with Gasteiger partial charge in [0, 0.05) is 35.2 Å². The first-order valence-electron chi connectivity index (χ1n) is 9.40. The molecule has 1 N–H and O–H groups in total. The van der Waals surface area contributed by atoms with Gasteiger partial charge in [0.05, 0.1) is 0 Å². The number of benzene rings is 2. The fourth-order valence-corrected chi connectivity index (χ4v) is 3.54. The molecule has 2 amide bonds. The van der Waals surface area contributed by atoms with E-state index in [-0.39, 0.29) is 23.5 Å². The number of hydrogen-bond acceptors (Lipinski definition) is 3. The fraction of sp³-hybridized carbons (Fsp3) is 0.318. The standard InChI is InChI=1S/C22H23ClN2O3/c1-15(24-21(27)18-7-9-19(23)10-8-18)22(28)25-13-11-17(12-14-25)20(26)16-5-3-2-4-6-16/h2-10,15,17H,11-14H2,1H3,(H,24,27)/t15-/m1/s1. The smallest absolute Gasteiger partial charge is 0.251 e. The van der Waals surface area contributed by atoms with Gasteiger partial charge in [-0.25, -0.2) is 0 Å². The lowest BCUT2D eigenvalue weighted by atomic mass is 9.88. The molecule has 0 aromatic heterocycles. The second-order valence-corrected chi connectivity index (χ2v) is 7.47. The normalized spacial score (nSPS) is 15.7. The minimum atomic E-state index is -0.635. The number of piperidine rings is 1. The highest BCUT2D eigenvalue weighted by atomic mass is 35.5. The van der Waals surface area contributed by atoms with Crippen LogP contribution in [0.25, 0.3) is 0 Å². The van der Waals surface area contributed by atoms with Gasteiger partial charge in [0.2, 0.25) is 5.91 Å². The van der Waals surface area contributed by atoms with E-state index in [1.807, 2.05) is 30.3 Å². The van der Waals surface area contributed by atoms with Crippen LogP contribution in [0.1, 0.15) is 40.5 Å². The van der Waals surface area contributed by atoms with Crippen molar-refractivity contribution in [1.29, 1.82) is 0 Å². The van der Waals surface area contributed by atoms with Crippen molar-refractivity contribution in [3.8, 4) is 0 Å². The van der Waals surface area contributed by atoms with Crippen LogP contribution in [0.15, 0.2) is 54.6 Å². The molecule has 1 fully saturated rings. The minimum Gasteiger partial charge on any atom is -0.341 e. The van der Waals surface area contributed by atoms with E-state index in [1.54, 1.807) is 36.1 Å². The molecular weight excluding hydrogens is 376 g/mol. The third-order valence-electron chi connectivity index (χ3n) is 5.06. The maximum absolute atomic E-state index is 12.7. The molecule has 28 heavy (non-hydrogen) atoms. The number of nitrogens with zero attached hydrogens (tertiary/aromatic N) is 1. The lowest BCUT2D eigenvalue weighted by molar-refractivity contribution is -0.134. The maximum Gasteiger partial charge on any atom is 0.251 e. The van der Waals surface area contributed by atoms with Crippen molar-refractivity contribution in [3.05, 3.63) is 70.7 Å². The number of rotatable bonds is 5. The molecule has 3 rings (SSSR count). The number of halogens is 1. The van der Waals surface area contributed by atoms with Gasteiger partial charge in [-0.1, -0.05) is 41.9 Å². The van der Waals surface area contributed by atoms with E-state index in [1.165, 1.54) is 0 Å². The predicted molar refractivity (Wildman–Crippen MR) is 108 cm³/mol. The number of likely N-dealkylation sites (tertiary alicyclic amines) is 1. The Morgan fingerprint density at radius 3 is 2.18 bits per heavy atom. The molecule has 2 aromatic carbocycles. The Hall–Kier alpha value is -2.66. The van der Waals surface area contributed by atoms with Crippen LogP contribution in [0, 0.1) is 5.92 Å². The Morgan fingerprint density at radius 1 is 0.964 bits per heavy atom. The molecule has 1 aliphatic rings. The molecule has 0 spiro atoms. The fourth-order valence-electron chi connectivity index (χ4n) is 3.42. The third-order valence-corrected chi connectivity index (χ3v) is 5.31. The summed E-state index contributed by atoms with van der Waals surface area (Å²) in [5, 5.41) is 3.28. The number of amides is 2. The summed E-state index contributed by atoms with van der Waals surface area (Å²) in [4.78, 5) is 39.2. The first kappa shape index (κ1) is 20.1. The minimum absolute atomic E-state index is 0.0644. The number of Topliss-reactive ketones (excluding diaryl/α,β-unsaturated/α-hetero) is 1. The highest BCUT2D eigenvalue weighted by Crippen LogP contribution is 2.22.